The van der Waals surface area contributed by atoms with E-state index in [1.807, 2.05) is 0 Å². The second-order valence-electron chi connectivity index (χ2n) is 6.76. The second-order valence-corrected chi connectivity index (χ2v) is 8.41. The van der Waals surface area contributed by atoms with Crippen molar-refractivity contribution in [3.8, 4) is 0 Å². The molecule has 0 amide bonds. The van der Waals surface area contributed by atoms with Gasteiger partial charge >= 0.3 is 40.2 Å². The highest BCUT2D eigenvalue weighted by Crippen LogP contribution is 2.61. The van der Waals surface area contributed by atoms with E-state index in [0.29, 0.717) is 7.05 Å². The van der Waals surface area contributed by atoms with Crippen molar-refractivity contribution in [1.82, 2.24) is 3.89 Å². The molecular weight excluding hydrogens is 485 g/mol. The molecule has 1 aliphatic rings. The molecule has 17 heteroatoms. The van der Waals surface area contributed by atoms with E-state index in [9.17, 15) is 61.3 Å². The van der Waals surface area contributed by atoms with Crippen molar-refractivity contribution < 1.29 is 61.3 Å². The Balaban J connectivity index is 2.81. The van der Waals surface area contributed by atoms with Gasteiger partial charge in [-0.05, 0) is 6.07 Å². The van der Waals surface area contributed by atoms with Gasteiger partial charge in [-0.2, -0.15) is 48.3 Å². The Hall–Kier alpha value is -1.88. The SMILES string of the molecule is CN1c2ccccc2[N+](C)(S(=O)(=O)O)C1C(F)(F)C(F)(F)C(F)(F)C(F)(F)C(F)(F)F. The molecule has 0 aromatic heterocycles. The number of alkyl halides is 11. The van der Waals surface area contributed by atoms with Gasteiger partial charge in [-0.25, -0.2) is 4.55 Å². The zero-order chi connectivity index (χ0) is 24.6. The summed E-state index contributed by atoms with van der Waals surface area (Å²) in [5.41, 5.74) is -1.49. The van der Waals surface area contributed by atoms with E-state index in [0.717, 1.165) is 24.3 Å². The first-order valence-electron chi connectivity index (χ1n) is 7.75. The van der Waals surface area contributed by atoms with Crippen molar-refractivity contribution in [2.75, 3.05) is 19.0 Å². The van der Waals surface area contributed by atoms with E-state index in [-0.39, 0.29) is 11.9 Å². The summed E-state index contributed by atoms with van der Waals surface area (Å²) in [4.78, 5) is -0.0428. The van der Waals surface area contributed by atoms with E-state index in [2.05, 4.69) is 0 Å². The molecule has 0 saturated carbocycles. The maximum absolute atomic E-state index is 14.8. The zero-order valence-corrected chi connectivity index (χ0v) is 15.9. The molecule has 0 radical (unpaired) electrons. The Bertz CT molecular complexity index is 980. The Morgan fingerprint density at radius 3 is 1.74 bits per heavy atom. The van der Waals surface area contributed by atoms with E-state index in [4.69, 9.17) is 0 Å². The first-order valence-corrected chi connectivity index (χ1v) is 9.15. The van der Waals surface area contributed by atoms with Crippen LogP contribution in [-0.2, 0) is 10.3 Å². The Labute approximate surface area is 167 Å². The summed E-state index contributed by atoms with van der Waals surface area (Å²) < 4.78 is 179. The van der Waals surface area contributed by atoms with Crippen LogP contribution < -0.4 is 8.79 Å². The fraction of sp³-hybridized carbons (Fsp3) is 0.571. The molecule has 1 aromatic rings. The highest BCUT2D eigenvalue weighted by molar-refractivity contribution is 7.85. The number of halogens is 11. The van der Waals surface area contributed by atoms with Gasteiger partial charge in [0.2, 0.25) is 0 Å². The average Bonchev–Trinajstić information content (AvgIpc) is 2.82. The summed E-state index contributed by atoms with van der Waals surface area (Å²) in [7, 11) is -5.29. The number of hydrogen-bond acceptors (Lipinski definition) is 3. The van der Waals surface area contributed by atoms with Crippen molar-refractivity contribution in [1.29, 1.82) is 0 Å². The molecule has 0 saturated heterocycles. The van der Waals surface area contributed by atoms with Gasteiger partial charge in [0.25, 0.3) is 6.17 Å². The van der Waals surface area contributed by atoms with Crippen molar-refractivity contribution in [2.45, 2.75) is 36.0 Å². The molecule has 2 unspecified atom stereocenters. The Morgan fingerprint density at radius 2 is 1.32 bits per heavy atom. The molecule has 0 spiro atoms. The van der Waals surface area contributed by atoms with Crippen molar-refractivity contribution in [3.05, 3.63) is 24.3 Å². The Kier molecular flexibility index (Phi) is 5.38. The lowest BCUT2D eigenvalue weighted by atomic mass is 9.95. The van der Waals surface area contributed by atoms with Crippen LogP contribution >= 0.6 is 0 Å². The highest BCUT2D eigenvalue weighted by Gasteiger charge is 2.90. The standard InChI is InChI=1S/C14H11F11N2O3S/c1-26-7-5-3-4-6-8(7)27(2,31(28,29)30)9(26)10(15,16)11(17,18)12(19,20)13(21,22)14(23,24)25/h3-6,9H,1-2H3/p+1. The predicted molar refractivity (Wildman–Crippen MR) is 83.7 cm³/mol. The summed E-state index contributed by atoms with van der Waals surface area (Å²) in [6.07, 6.45) is -11.1. The smallest absolute Gasteiger partial charge is 0.314 e. The molecule has 0 bridgehead atoms. The van der Waals surface area contributed by atoms with Gasteiger partial charge in [0, 0.05) is 13.1 Å². The van der Waals surface area contributed by atoms with E-state index in [1.165, 1.54) is 0 Å². The van der Waals surface area contributed by atoms with Gasteiger partial charge in [-0.1, -0.05) is 12.1 Å². The molecule has 1 heterocycles. The van der Waals surface area contributed by atoms with Crippen LogP contribution in [0, 0.1) is 0 Å². The van der Waals surface area contributed by atoms with E-state index in [1.54, 1.807) is 0 Å². The number of para-hydroxylation sites is 2. The summed E-state index contributed by atoms with van der Waals surface area (Å²) in [5, 5.41) is 0. The lowest BCUT2D eigenvalue weighted by molar-refractivity contribution is -0.425. The van der Waals surface area contributed by atoms with E-state index >= 15 is 0 Å². The van der Waals surface area contributed by atoms with Crippen molar-refractivity contribution in [2.24, 2.45) is 0 Å². The first-order chi connectivity index (χ1) is 13.5. The number of fused-ring (bicyclic) bond motifs is 1. The Morgan fingerprint density at radius 1 is 0.871 bits per heavy atom. The monoisotopic (exact) mass is 497 g/mol. The fourth-order valence-corrected chi connectivity index (χ4v) is 4.21. The number of quaternary nitrogens is 1. The number of rotatable bonds is 5. The molecule has 2 rings (SSSR count). The minimum absolute atomic E-state index is 0.0428. The number of nitrogens with zero attached hydrogens (tertiary/aromatic N) is 2. The molecule has 0 aliphatic carbocycles. The number of benzene rings is 1. The molecule has 5 nitrogen and oxygen atoms in total. The van der Waals surface area contributed by atoms with Crippen LogP contribution in [0.5, 0.6) is 0 Å². The fourth-order valence-electron chi connectivity index (χ4n) is 3.28. The van der Waals surface area contributed by atoms with Crippen molar-refractivity contribution >= 4 is 21.7 Å². The van der Waals surface area contributed by atoms with Crippen LogP contribution in [0.3, 0.4) is 0 Å². The van der Waals surface area contributed by atoms with Crippen LogP contribution in [0.2, 0.25) is 0 Å². The van der Waals surface area contributed by atoms with Gasteiger partial charge in [0.05, 0.1) is 7.05 Å². The zero-order valence-electron chi connectivity index (χ0n) is 15.1. The third-order valence-corrected chi connectivity index (χ3v) is 6.30. The van der Waals surface area contributed by atoms with Gasteiger partial charge in [0.1, 0.15) is 5.69 Å². The molecule has 1 aromatic carbocycles. The lowest BCUT2D eigenvalue weighted by Gasteiger charge is -2.43. The molecule has 1 aliphatic heterocycles. The minimum Gasteiger partial charge on any atom is -0.314 e. The number of hydrogen-bond donors (Lipinski definition) is 1. The first kappa shape index (κ1) is 25.4. The lowest BCUT2D eigenvalue weighted by Crippen LogP contribution is -2.75. The van der Waals surface area contributed by atoms with Crippen LogP contribution in [0.15, 0.2) is 24.3 Å². The second kappa shape index (κ2) is 6.57. The highest BCUT2D eigenvalue weighted by atomic mass is 32.2. The van der Waals surface area contributed by atoms with Crippen LogP contribution in [0.25, 0.3) is 0 Å². The predicted octanol–water partition coefficient (Wildman–Crippen LogP) is 4.31. The normalized spacial score (nSPS) is 23.8. The largest absolute Gasteiger partial charge is 0.460 e. The third kappa shape index (κ3) is 2.99. The summed E-state index contributed by atoms with van der Waals surface area (Å²) in [5.74, 6) is -29.4. The van der Waals surface area contributed by atoms with Gasteiger partial charge in [-0.15, -0.1) is 12.3 Å². The summed E-state index contributed by atoms with van der Waals surface area (Å²) in [6, 6.07) is 3.61. The van der Waals surface area contributed by atoms with Crippen LogP contribution in [0.4, 0.5) is 59.7 Å². The molecule has 1 N–H and O–H groups in total. The van der Waals surface area contributed by atoms with Gasteiger partial charge in [-0.3, -0.25) is 0 Å². The molecular formula is C14H12F11N2O3S+. The van der Waals surface area contributed by atoms with Crippen molar-refractivity contribution in [3.63, 3.8) is 0 Å². The maximum Gasteiger partial charge on any atom is 0.460 e. The van der Waals surface area contributed by atoms with Crippen LogP contribution in [-0.4, -0.2) is 63.1 Å². The quantitative estimate of drug-likeness (QED) is 0.375. The summed E-state index contributed by atoms with van der Waals surface area (Å²) >= 11 is 0. The minimum atomic E-state index is -7.72. The van der Waals surface area contributed by atoms with E-state index < -0.39 is 61.6 Å². The van der Waals surface area contributed by atoms with Crippen LogP contribution in [0.1, 0.15) is 0 Å². The average molecular weight is 497 g/mol. The number of anilines is 1. The van der Waals surface area contributed by atoms with Gasteiger partial charge < -0.3 is 4.90 Å². The third-order valence-electron chi connectivity index (χ3n) is 4.94. The molecule has 178 valence electrons. The molecule has 0 fully saturated rings. The van der Waals surface area contributed by atoms with Gasteiger partial charge in [0.15, 0.2) is 5.69 Å². The summed E-state index contributed by atoms with van der Waals surface area (Å²) in [6.45, 7) is 0. The maximum atomic E-state index is 14.8. The molecule has 31 heavy (non-hydrogen) atoms. The topological polar surface area (TPSA) is 57.6 Å². The molecule has 2 atom stereocenters.